The van der Waals surface area contributed by atoms with E-state index in [2.05, 4.69) is 55.9 Å². The van der Waals surface area contributed by atoms with Gasteiger partial charge in [0.15, 0.2) is 12.4 Å². The second-order valence-corrected chi connectivity index (χ2v) is 5.21. The molecule has 2 unspecified atom stereocenters. The molecule has 0 radical (unpaired) electrons. The molecular formula is C18H27N2+. The zero-order chi connectivity index (χ0) is 14.8. The molecular weight excluding hydrogens is 244 g/mol. The molecule has 0 aliphatic carbocycles. The minimum Gasteiger partial charge on any atom is -0.261 e. The fraction of sp³-hybridized carbons (Fsp3) is 0.444. The highest BCUT2D eigenvalue weighted by Crippen LogP contribution is 2.15. The van der Waals surface area contributed by atoms with Crippen molar-refractivity contribution >= 4 is 0 Å². The Labute approximate surface area is 123 Å². The highest BCUT2D eigenvalue weighted by Gasteiger charge is 2.01. The molecule has 0 amide bonds. The molecule has 0 fully saturated rings. The largest absolute Gasteiger partial charge is 0.261 e. The number of aromatic amines is 1. The van der Waals surface area contributed by atoms with Gasteiger partial charge in [0.2, 0.25) is 0 Å². The van der Waals surface area contributed by atoms with Crippen LogP contribution in [-0.2, 0) is 0 Å². The van der Waals surface area contributed by atoms with E-state index in [0.29, 0.717) is 11.8 Å². The van der Waals surface area contributed by atoms with Crippen LogP contribution in [0.1, 0.15) is 63.6 Å². The molecule has 2 nitrogen and oxygen atoms in total. The Morgan fingerprint density at radius 3 is 2.10 bits per heavy atom. The summed E-state index contributed by atoms with van der Waals surface area (Å²) in [4.78, 5) is 7.26. The van der Waals surface area contributed by atoms with Crippen LogP contribution in [0.15, 0.2) is 48.9 Å². The molecule has 0 saturated heterocycles. The average Bonchev–Trinajstić information content (AvgIpc) is 2.55. The van der Waals surface area contributed by atoms with Crippen LogP contribution < -0.4 is 4.98 Å². The van der Waals surface area contributed by atoms with E-state index in [0.717, 1.165) is 6.42 Å². The fourth-order valence-corrected chi connectivity index (χ4v) is 1.84. The number of nitrogens with one attached hydrogen (secondary N) is 1. The quantitative estimate of drug-likeness (QED) is 0.797. The van der Waals surface area contributed by atoms with Gasteiger partial charge >= 0.3 is 0 Å². The SMILES string of the molecule is CCC(C)c1cc[nH+]cc1.CCC(C)c1ccccn1. The van der Waals surface area contributed by atoms with Crippen LogP contribution >= 0.6 is 0 Å². The predicted octanol–water partition coefficient (Wildman–Crippen LogP) is 4.61. The zero-order valence-electron chi connectivity index (χ0n) is 13.1. The number of rotatable bonds is 4. The summed E-state index contributed by atoms with van der Waals surface area (Å²) in [6.45, 7) is 8.83. The Morgan fingerprint density at radius 2 is 1.60 bits per heavy atom. The summed E-state index contributed by atoms with van der Waals surface area (Å²) in [5, 5.41) is 0. The summed E-state index contributed by atoms with van der Waals surface area (Å²) in [6.07, 6.45) is 8.17. The molecule has 2 aromatic heterocycles. The zero-order valence-corrected chi connectivity index (χ0v) is 13.1. The lowest BCUT2D eigenvalue weighted by Gasteiger charge is -2.05. The molecule has 0 saturated carbocycles. The molecule has 1 N–H and O–H groups in total. The van der Waals surface area contributed by atoms with E-state index in [1.165, 1.54) is 17.7 Å². The number of nitrogens with zero attached hydrogens (tertiary/aromatic N) is 1. The minimum atomic E-state index is 0.598. The Morgan fingerprint density at radius 1 is 0.950 bits per heavy atom. The van der Waals surface area contributed by atoms with E-state index in [1.54, 1.807) is 0 Å². The number of hydrogen-bond donors (Lipinski definition) is 0. The monoisotopic (exact) mass is 271 g/mol. The van der Waals surface area contributed by atoms with Gasteiger partial charge in [0.1, 0.15) is 0 Å². The van der Waals surface area contributed by atoms with E-state index in [1.807, 2.05) is 30.7 Å². The first-order chi connectivity index (χ1) is 9.69. The van der Waals surface area contributed by atoms with Crippen LogP contribution in [0.4, 0.5) is 0 Å². The standard InChI is InChI=1S/2C9H13N/c1-3-8(2)9-4-6-10-7-5-9;1-3-8(2)9-6-4-5-7-10-9/h2*4-8H,3H2,1-2H3/p+1. The molecule has 2 heteroatoms. The van der Waals surface area contributed by atoms with E-state index >= 15 is 0 Å². The smallest absolute Gasteiger partial charge is 0.167 e. The molecule has 2 heterocycles. The highest BCUT2D eigenvalue weighted by atomic mass is 14.7. The Balaban J connectivity index is 0.000000200. The predicted molar refractivity (Wildman–Crippen MR) is 84.6 cm³/mol. The molecule has 0 spiro atoms. The van der Waals surface area contributed by atoms with Crippen molar-refractivity contribution in [1.29, 1.82) is 0 Å². The van der Waals surface area contributed by atoms with Gasteiger partial charge in [-0.1, -0.05) is 33.8 Å². The third-order valence-electron chi connectivity index (χ3n) is 3.73. The van der Waals surface area contributed by atoms with E-state index in [-0.39, 0.29) is 0 Å². The maximum Gasteiger partial charge on any atom is 0.167 e. The maximum absolute atomic E-state index is 4.25. The summed E-state index contributed by atoms with van der Waals surface area (Å²) in [6, 6.07) is 10.3. The topological polar surface area (TPSA) is 27.0 Å². The van der Waals surface area contributed by atoms with Crippen molar-refractivity contribution in [2.45, 2.75) is 52.4 Å². The Kier molecular flexibility index (Phi) is 7.56. The van der Waals surface area contributed by atoms with Gasteiger partial charge in [-0.3, -0.25) is 4.98 Å². The normalized spacial score (nSPS) is 13.0. The molecule has 20 heavy (non-hydrogen) atoms. The Hall–Kier alpha value is -1.70. The second kappa shape index (κ2) is 9.24. The molecule has 0 aliphatic rings. The van der Waals surface area contributed by atoms with Crippen molar-refractivity contribution in [3.63, 3.8) is 0 Å². The van der Waals surface area contributed by atoms with Crippen molar-refractivity contribution in [3.05, 3.63) is 60.2 Å². The lowest BCUT2D eigenvalue weighted by molar-refractivity contribution is -0.378. The van der Waals surface area contributed by atoms with E-state index in [9.17, 15) is 0 Å². The van der Waals surface area contributed by atoms with E-state index < -0.39 is 0 Å². The summed E-state index contributed by atoms with van der Waals surface area (Å²) >= 11 is 0. The summed E-state index contributed by atoms with van der Waals surface area (Å²) in [5.41, 5.74) is 2.62. The van der Waals surface area contributed by atoms with Crippen molar-refractivity contribution in [2.75, 3.05) is 0 Å². The first-order valence-electron chi connectivity index (χ1n) is 7.55. The Bertz CT molecular complexity index is 408. The lowest BCUT2D eigenvalue weighted by Crippen LogP contribution is -2.00. The molecule has 108 valence electrons. The number of H-pyrrole nitrogens is 1. The number of pyridine rings is 2. The molecule has 2 atom stereocenters. The summed E-state index contributed by atoms with van der Waals surface area (Å²) in [7, 11) is 0. The molecule has 0 aromatic carbocycles. The van der Waals surface area contributed by atoms with Crippen LogP contribution in [0.25, 0.3) is 0 Å². The first-order valence-corrected chi connectivity index (χ1v) is 7.55. The van der Waals surface area contributed by atoms with Crippen LogP contribution in [0.2, 0.25) is 0 Å². The van der Waals surface area contributed by atoms with Gasteiger partial charge in [0.25, 0.3) is 0 Å². The molecule has 0 aliphatic heterocycles. The summed E-state index contributed by atoms with van der Waals surface area (Å²) in [5.74, 6) is 1.29. The van der Waals surface area contributed by atoms with Gasteiger partial charge in [-0.25, -0.2) is 4.98 Å². The third kappa shape index (κ3) is 5.52. The van der Waals surface area contributed by atoms with Crippen LogP contribution in [0, 0.1) is 0 Å². The van der Waals surface area contributed by atoms with Crippen molar-refractivity contribution in [3.8, 4) is 0 Å². The third-order valence-corrected chi connectivity index (χ3v) is 3.73. The van der Waals surface area contributed by atoms with Gasteiger partial charge in [-0.15, -0.1) is 0 Å². The fourth-order valence-electron chi connectivity index (χ4n) is 1.84. The van der Waals surface area contributed by atoms with Gasteiger partial charge in [-0.2, -0.15) is 0 Å². The van der Waals surface area contributed by atoms with Crippen molar-refractivity contribution in [2.24, 2.45) is 0 Å². The number of hydrogen-bond acceptors (Lipinski definition) is 1. The number of aromatic nitrogens is 2. The molecule has 0 bridgehead atoms. The summed E-state index contributed by atoms with van der Waals surface area (Å²) < 4.78 is 0. The van der Waals surface area contributed by atoms with Crippen LogP contribution in [0.3, 0.4) is 0 Å². The van der Waals surface area contributed by atoms with Gasteiger partial charge in [-0.05, 0) is 42.4 Å². The van der Waals surface area contributed by atoms with Crippen LogP contribution in [0.5, 0.6) is 0 Å². The maximum atomic E-state index is 4.25. The van der Waals surface area contributed by atoms with Crippen LogP contribution in [-0.4, -0.2) is 4.98 Å². The van der Waals surface area contributed by atoms with Gasteiger partial charge in [0, 0.05) is 24.0 Å². The van der Waals surface area contributed by atoms with Gasteiger partial charge < -0.3 is 0 Å². The van der Waals surface area contributed by atoms with E-state index in [4.69, 9.17) is 0 Å². The first kappa shape index (κ1) is 16.4. The minimum absolute atomic E-state index is 0.598. The molecule has 2 rings (SSSR count). The average molecular weight is 271 g/mol. The highest BCUT2D eigenvalue weighted by molar-refractivity contribution is 5.12. The van der Waals surface area contributed by atoms with Crippen molar-refractivity contribution < 1.29 is 4.98 Å². The second-order valence-electron chi connectivity index (χ2n) is 5.21. The molecule has 2 aromatic rings. The van der Waals surface area contributed by atoms with Crippen molar-refractivity contribution in [1.82, 2.24) is 4.98 Å². The lowest BCUT2D eigenvalue weighted by atomic mass is 10.0. The van der Waals surface area contributed by atoms with Gasteiger partial charge in [0.05, 0.1) is 0 Å².